The molecule has 9 heteroatoms. The molecule has 3 aromatic heterocycles. The Kier molecular flexibility index (Phi) is 5.16. The van der Waals surface area contributed by atoms with Gasteiger partial charge >= 0.3 is 0 Å². The summed E-state index contributed by atoms with van der Waals surface area (Å²) in [6.45, 7) is 0. The average molecular weight is 395 g/mol. The Labute approximate surface area is 163 Å². The molecule has 0 saturated heterocycles. The van der Waals surface area contributed by atoms with Gasteiger partial charge in [-0.05, 0) is 23.1 Å². The fourth-order valence-electron chi connectivity index (χ4n) is 2.78. The molecule has 0 spiro atoms. The molecule has 142 valence electrons. The molecular weight excluding hydrogens is 378 g/mol. The van der Waals surface area contributed by atoms with Crippen LogP contribution in [0.2, 0.25) is 0 Å². The van der Waals surface area contributed by atoms with Gasteiger partial charge in [-0.3, -0.25) is 20.4 Å². The van der Waals surface area contributed by atoms with E-state index in [9.17, 15) is 9.59 Å². The van der Waals surface area contributed by atoms with Crippen molar-refractivity contribution in [1.29, 1.82) is 0 Å². The lowest BCUT2D eigenvalue weighted by atomic mass is 10.1. The van der Waals surface area contributed by atoms with E-state index in [-0.39, 0.29) is 24.7 Å². The maximum atomic E-state index is 12.1. The lowest BCUT2D eigenvalue weighted by Gasteiger charge is -2.06. The molecule has 0 saturated carbocycles. The molecule has 4 aromatic rings. The van der Waals surface area contributed by atoms with Gasteiger partial charge in [0.15, 0.2) is 0 Å². The summed E-state index contributed by atoms with van der Waals surface area (Å²) in [6, 6.07) is 9.63. The van der Waals surface area contributed by atoms with Crippen LogP contribution in [0.4, 0.5) is 0 Å². The molecule has 0 atom stereocenters. The van der Waals surface area contributed by atoms with Crippen molar-refractivity contribution in [2.75, 3.05) is 0 Å². The first-order chi connectivity index (χ1) is 13.7. The Morgan fingerprint density at radius 2 is 2.00 bits per heavy atom. The number of aryl methyl sites for hydroxylation is 1. The van der Waals surface area contributed by atoms with Crippen LogP contribution < -0.4 is 10.9 Å². The number of aromatic nitrogens is 3. The topological polar surface area (TPSA) is 113 Å². The van der Waals surface area contributed by atoms with Crippen LogP contribution in [0, 0.1) is 0 Å². The zero-order valence-corrected chi connectivity index (χ0v) is 15.6. The van der Waals surface area contributed by atoms with Crippen LogP contribution in [0.25, 0.3) is 22.3 Å². The Balaban J connectivity index is 1.24. The highest BCUT2D eigenvalue weighted by atomic mass is 32.1. The van der Waals surface area contributed by atoms with E-state index in [1.54, 1.807) is 17.5 Å². The normalized spacial score (nSPS) is 10.9. The molecule has 2 amide bonds. The van der Waals surface area contributed by atoms with E-state index in [2.05, 4.69) is 26.0 Å². The minimum Gasteiger partial charge on any atom is -0.361 e. The number of hydrazine groups is 1. The largest absolute Gasteiger partial charge is 0.361 e. The first-order valence-corrected chi connectivity index (χ1v) is 9.61. The number of benzene rings is 1. The van der Waals surface area contributed by atoms with E-state index in [1.165, 1.54) is 0 Å². The lowest BCUT2D eigenvalue weighted by Crippen LogP contribution is -2.42. The second kappa shape index (κ2) is 8.05. The van der Waals surface area contributed by atoms with Crippen molar-refractivity contribution in [2.45, 2.75) is 19.3 Å². The summed E-state index contributed by atoms with van der Waals surface area (Å²) >= 11 is 1.54. The third-order valence-electron chi connectivity index (χ3n) is 4.18. The smallest absolute Gasteiger partial charge is 0.242 e. The SMILES string of the molecule is O=C(CCc1nc(-c2ccsc2)no1)NNC(=O)Cc1c[nH]c2ccccc12. The lowest BCUT2D eigenvalue weighted by molar-refractivity contribution is -0.128. The fourth-order valence-corrected chi connectivity index (χ4v) is 3.42. The van der Waals surface area contributed by atoms with E-state index in [4.69, 9.17) is 4.52 Å². The fraction of sp³-hybridized carbons (Fsp3) is 0.158. The third kappa shape index (κ3) is 4.09. The number of nitrogens with zero attached hydrogens (tertiary/aromatic N) is 2. The highest BCUT2D eigenvalue weighted by Gasteiger charge is 2.12. The molecule has 4 rings (SSSR count). The first kappa shape index (κ1) is 17.9. The monoisotopic (exact) mass is 395 g/mol. The van der Waals surface area contributed by atoms with Crippen LogP contribution in [0.1, 0.15) is 17.9 Å². The van der Waals surface area contributed by atoms with E-state index in [0.717, 1.165) is 22.0 Å². The summed E-state index contributed by atoms with van der Waals surface area (Å²) in [4.78, 5) is 31.4. The van der Waals surface area contributed by atoms with Crippen LogP contribution in [-0.2, 0) is 22.4 Å². The van der Waals surface area contributed by atoms with E-state index < -0.39 is 0 Å². The average Bonchev–Trinajstić information content (AvgIpc) is 3.45. The van der Waals surface area contributed by atoms with Crippen molar-refractivity contribution < 1.29 is 14.1 Å². The Hall–Kier alpha value is -3.46. The number of fused-ring (bicyclic) bond motifs is 1. The summed E-state index contributed by atoms with van der Waals surface area (Å²) in [5.41, 5.74) is 7.56. The second-order valence-electron chi connectivity index (χ2n) is 6.16. The van der Waals surface area contributed by atoms with Crippen LogP contribution >= 0.6 is 11.3 Å². The zero-order valence-electron chi connectivity index (χ0n) is 14.8. The van der Waals surface area contributed by atoms with Gasteiger partial charge < -0.3 is 9.51 Å². The highest BCUT2D eigenvalue weighted by Crippen LogP contribution is 2.19. The van der Waals surface area contributed by atoms with Crippen LogP contribution in [0.15, 0.2) is 51.8 Å². The van der Waals surface area contributed by atoms with Crippen molar-refractivity contribution >= 4 is 34.1 Å². The van der Waals surface area contributed by atoms with Crippen molar-refractivity contribution in [3.8, 4) is 11.4 Å². The third-order valence-corrected chi connectivity index (χ3v) is 4.86. The van der Waals surface area contributed by atoms with Gasteiger partial charge in [-0.25, -0.2) is 0 Å². The summed E-state index contributed by atoms with van der Waals surface area (Å²) in [7, 11) is 0. The number of amides is 2. The maximum absolute atomic E-state index is 12.1. The van der Waals surface area contributed by atoms with Crippen molar-refractivity contribution in [3.63, 3.8) is 0 Å². The number of H-pyrrole nitrogens is 1. The number of para-hydroxylation sites is 1. The number of aromatic amines is 1. The molecule has 0 aliphatic rings. The van der Waals surface area contributed by atoms with Gasteiger partial charge in [0.1, 0.15) is 0 Å². The number of carbonyl (C=O) groups is 2. The molecule has 0 bridgehead atoms. The molecule has 3 N–H and O–H groups in total. The number of hydrogen-bond donors (Lipinski definition) is 3. The number of nitrogens with one attached hydrogen (secondary N) is 3. The van der Waals surface area contributed by atoms with Gasteiger partial charge in [0.05, 0.1) is 6.42 Å². The molecule has 28 heavy (non-hydrogen) atoms. The second-order valence-corrected chi connectivity index (χ2v) is 6.94. The van der Waals surface area contributed by atoms with Crippen LogP contribution in [0.3, 0.4) is 0 Å². The van der Waals surface area contributed by atoms with Gasteiger partial charge in [0.25, 0.3) is 0 Å². The van der Waals surface area contributed by atoms with Gasteiger partial charge in [-0.1, -0.05) is 23.4 Å². The summed E-state index contributed by atoms with van der Waals surface area (Å²) in [6.07, 6.45) is 2.38. The van der Waals surface area contributed by atoms with Gasteiger partial charge in [0.2, 0.25) is 23.5 Å². The molecule has 0 aliphatic carbocycles. The Morgan fingerprint density at radius 1 is 1.14 bits per heavy atom. The standard InChI is InChI=1S/C19H17N5O3S/c25-16(5-6-18-21-19(24-27-18)12-7-8-28-11-12)22-23-17(26)9-13-10-20-15-4-2-1-3-14(13)15/h1-4,7-8,10-11,20H,5-6,9H2,(H,22,25)(H,23,26). The van der Waals surface area contributed by atoms with E-state index in [0.29, 0.717) is 18.1 Å². The molecule has 0 radical (unpaired) electrons. The number of thiophene rings is 1. The van der Waals surface area contributed by atoms with Gasteiger partial charge in [0, 0.05) is 40.9 Å². The molecule has 3 heterocycles. The molecular formula is C19H17N5O3S. The predicted molar refractivity (Wildman–Crippen MR) is 104 cm³/mol. The zero-order chi connectivity index (χ0) is 19.3. The predicted octanol–water partition coefficient (Wildman–Crippen LogP) is 2.60. The van der Waals surface area contributed by atoms with Crippen molar-refractivity contribution in [1.82, 2.24) is 26.0 Å². The summed E-state index contributed by atoms with van der Waals surface area (Å²) in [5.74, 6) is 0.253. The first-order valence-electron chi connectivity index (χ1n) is 8.67. The number of rotatable bonds is 6. The van der Waals surface area contributed by atoms with Crippen molar-refractivity contribution in [3.05, 3.63) is 58.7 Å². The molecule has 0 fully saturated rings. The molecule has 0 unspecified atom stereocenters. The number of hydrogen-bond acceptors (Lipinski definition) is 6. The molecule has 0 aliphatic heterocycles. The minimum absolute atomic E-state index is 0.124. The maximum Gasteiger partial charge on any atom is 0.242 e. The van der Waals surface area contributed by atoms with E-state index >= 15 is 0 Å². The van der Waals surface area contributed by atoms with E-state index in [1.807, 2.05) is 41.1 Å². The quantitative estimate of drug-likeness (QED) is 0.434. The van der Waals surface area contributed by atoms with Crippen LogP contribution in [0.5, 0.6) is 0 Å². The summed E-state index contributed by atoms with van der Waals surface area (Å²) < 4.78 is 5.15. The van der Waals surface area contributed by atoms with Crippen LogP contribution in [-0.4, -0.2) is 26.9 Å². The number of carbonyl (C=O) groups excluding carboxylic acids is 2. The molecule has 8 nitrogen and oxygen atoms in total. The minimum atomic E-state index is -0.331. The van der Waals surface area contributed by atoms with Gasteiger partial charge in [-0.15, -0.1) is 0 Å². The Morgan fingerprint density at radius 3 is 2.86 bits per heavy atom. The Bertz CT molecular complexity index is 1100. The van der Waals surface area contributed by atoms with Gasteiger partial charge in [-0.2, -0.15) is 16.3 Å². The highest BCUT2D eigenvalue weighted by molar-refractivity contribution is 7.08. The van der Waals surface area contributed by atoms with Crippen molar-refractivity contribution in [2.24, 2.45) is 0 Å². The molecule has 1 aromatic carbocycles. The summed E-state index contributed by atoms with van der Waals surface area (Å²) in [5, 5.41) is 8.73.